The summed E-state index contributed by atoms with van der Waals surface area (Å²) in [5.41, 5.74) is -1.64. The number of aromatic nitrogens is 2. The van der Waals surface area contributed by atoms with E-state index in [1.807, 2.05) is 0 Å². The van der Waals surface area contributed by atoms with E-state index in [1.54, 1.807) is 12.1 Å². The molecule has 2 N–H and O–H groups in total. The van der Waals surface area contributed by atoms with Gasteiger partial charge in [-0.25, -0.2) is 18.2 Å². The number of halogens is 4. The van der Waals surface area contributed by atoms with Crippen LogP contribution >= 0.6 is 11.6 Å². The van der Waals surface area contributed by atoms with Crippen molar-refractivity contribution in [3.8, 4) is 16.8 Å². The first kappa shape index (κ1) is 18.4. The van der Waals surface area contributed by atoms with E-state index in [2.05, 4.69) is 5.10 Å². The quantitative estimate of drug-likeness (QED) is 0.723. The van der Waals surface area contributed by atoms with Crippen molar-refractivity contribution in [2.24, 2.45) is 5.14 Å². The van der Waals surface area contributed by atoms with Gasteiger partial charge in [0.15, 0.2) is 0 Å². The molecule has 2 aromatic carbocycles. The van der Waals surface area contributed by atoms with Crippen molar-refractivity contribution < 1.29 is 21.6 Å². The van der Waals surface area contributed by atoms with Crippen LogP contribution in [0.15, 0.2) is 59.8 Å². The molecule has 136 valence electrons. The Balaban J connectivity index is 2.45. The summed E-state index contributed by atoms with van der Waals surface area (Å²) < 4.78 is 66.0. The van der Waals surface area contributed by atoms with Gasteiger partial charge in [-0.05, 0) is 29.8 Å². The maximum Gasteiger partial charge on any atom is 0.418 e. The summed E-state index contributed by atoms with van der Waals surface area (Å²) in [6, 6.07) is 9.41. The van der Waals surface area contributed by atoms with E-state index in [1.165, 1.54) is 30.6 Å². The molecule has 0 saturated carbocycles. The number of sulfonamides is 1. The molecular weight excluding hydrogens is 391 g/mol. The highest BCUT2D eigenvalue weighted by Gasteiger charge is 2.38. The number of primary sulfonamides is 1. The fourth-order valence-electron chi connectivity index (χ4n) is 2.53. The molecule has 0 radical (unpaired) electrons. The largest absolute Gasteiger partial charge is 0.418 e. The van der Waals surface area contributed by atoms with Crippen molar-refractivity contribution in [3.05, 3.63) is 65.4 Å². The van der Waals surface area contributed by atoms with E-state index in [4.69, 9.17) is 16.7 Å². The van der Waals surface area contributed by atoms with E-state index in [9.17, 15) is 21.6 Å². The minimum atomic E-state index is -4.85. The second kappa shape index (κ2) is 6.42. The van der Waals surface area contributed by atoms with Gasteiger partial charge in [0.05, 0.1) is 11.3 Å². The molecule has 0 aliphatic rings. The van der Waals surface area contributed by atoms with Crippen molar-refractivity contribution in [2.45, 2.75) is 11.1 Å². The molecule has 10 heteroatoms. The first-order chi connectivity index (χ1) is 12.1. The smallest absolute Gasteiger partial charge is 0.239 e. The SMILES string of the molecule is NS(=O)(=O)c1cc(-c2ccccc2Cl)cc(C(F)(F)F)c1-n1cccn1. The highest BCUT2D eigenvalue weighted by molar-refractivity contribution is 7.89. The zero-order valence-corrected chi connectivity index (χ0v) is 14.5. The molecule has 1 heterocycles. The second-order valence-corrected chi connectivity index (χ2v) is 7.28. The predicted molar refractivity (Wildman–Crippen MR) is 90.4 cm³/mol. The summed E-state index contributed by atoms with van der Waals surface area (Å²) in [5, 5.41) is 9.09. The lowest BCUT2D eigenvalue weighted by atomic mass is 10.0. The minimum Gasteiger partial charge on any atom is -0.239 e. The number of hydrogen-bond acceptors (Lipinski definition) is 3. The van der Waals surface area contributed by atoms with Crippen LogP contribution in [0, 0.1) is 0 Å². The summed E-state index contributed by atoms with van der Waals surface area (Å²) in [5.74, 6) is 0. The maximum absolute atomic E-state index is 13.7. The maximum atomic E-state index is 13.7. The van der Waals surface area contributed by atoms with Gasteiger partial charge in [0.1, 0.15) is 4.90 Å². The fourth-order valence-corrected chi connectivity index (χ4v) is 3.54. The molecule has 5 nitrogen and oxygen atoms in total. The van der Waals surface area contributed by atoms with Gasteiger partial charge in [0.25, 0.3) is 0 Å². The monoisotopic (exact) mass is 401 g/mol. The molecule has 26 heavy (non-hydrogen) atoms. The molecular formula is C16H11ClF3N3O2S. The van der Waals surface area contributed by atoms with Gasteiger partial charge >= 0.3 is 6.18 Å². The van der Waals surface area contributed by atoms with Crippen LogP contribution in [0.25, 0.3) is 16.8 Å². The summed E-state index contributed by atoms with van der Waals surface area (Å²) in [4.78, 5) is -0.703. The Morgan fingerprint density at radius 2 is 1.81 bits per heavy atom. The molecule has 1 aromatic heterocycles. The first-order valence-electron chi connectivity index (χ1n) is 7.12. The summed E-state index contributed by atoms with van der Waals surface area (Å²) >= 11 is 6.05. The van der Waals surface area contributed by atoms with Gasteiger partial charge in [-0.3, -0.25) is 0 Å². The second-order valence-electron chi connectivity index (χ2n) is 5.34. The van der Waals surface area contributed by atoms with Crippen LogP contribution in [0.2, 0.25) is 5.02 Å². The normalized spacial score (nSPS) is 12.3. The number of benzene rings is 2. The molecule has 0 bridgehead atoms. The first-order valence-corrected chi connectivity index (χ1v) is 9.04. The van der Waals surface area contributed by atoms with Gasteiger partial charge in [-0.15, -0.1) is 0 Å². The highest BCUT2D eigenvalue weighted by Crippen LogP contribution is 2.40. The lowest BCUT2D eigenvalue weighted by molar-refractivity contribution is -0.137. The molecule has 0 aliphatic heterocycles. The fraction of sp³-hybridized carbons (Fsp3) is 0.0625. The van der Waals surface area contributed by atoms with E-state index >= 15 is 0 Å². The lowest BCUT2D eigenvalue weighted by Gasteiger charge is -2.18. The standard InChI is InChI=1S/C16H11ClF3N3O2S/c17-13-5-2-1-4-11(13)10-8-12(16(18,19)20)15(23-7-3-6-22-23)14(9-10)26(21,24)25/h1-9H,(H2,21,24,25). The molecule has 0 fully saturated rings. The molecule has 0 spiro atoms. The van der Waals surface area contributed by atoms with Crippen molar-refractivity contribution >= 4 is 21.6 Å². The zero-order valence-electron chi connectivity index (χ0n) is 12.9. The third kappa shape index (κ3) is 3.46. The van der Waals surface area contributed by atoms with Crippen molar-refractivity contribution in [3.63, 3.8) is 0 Å². The number of nitrogens with two attached hydrogens (primary N) is 1. The van der Waals surface area contributed by atoms with Crippen LogP contribution in [0.5, 0.6) is 0 Å². The van der Waals surface area contributed by atoms with Crippen LogP contribution in [0.1, 0.15) is 5.56 Å². The molecule has 0 amide bonds. The number of hydrogen-bond donors (Lipinski definition) is 1. The molecule has 3 aromatic rings. The molecule has 0 unspecified atom stereocenters. The van der Waals surface area contributed by atoms with Crippen molar-refractivity contribution in [1.29, 1.82) is 0 Å². The predicted octanol–water partition coefficient (Wildman–Crippen LogP) is 3.86. The van der Waals surface area contributed by atoms with E-state index in [-0.39, 0.29) is 16.1 Å². The van der Waals surface area contributed by atoms with Crippen molar-refractivity contribution in [2.75, 3.05) is 0 Å². The number of alkyl halides is 3. The Morgan fingerprint density at radius 3 is 2.35 bits per heavy atom. The van der Waals surface area contributed by atoms with Gasteiger partial charge in [-0.1, -0.05) is 29.8 Å². The van der Waals surface area contributed by atoms with Crippen LogP contribution < -0.4 is 5.14 Å². The third-order valence-corrected chi connectivity index (χ3v) is 4.86. The average molecular weight is 402 g/mol. The van der Waals surface area contributed by atoms with Crippen LogP contribution in [-0.4, -0.2) is 18.2 Å². The van der Waals surface area contributed by atoms with Crippen LogP contribution in [-0.2, 0) is 16.2 Å². The molecule has 0 saturated heterocycles. The molecule has 3 rings (SSSR count). The average Bonchev–Trinajstić information content (AvgIpc) is 3.06. The summed E-state index contributed by atoms with van der Waals surface area (Å²) in [6.45, 7) is 0. The molecule has 0 aliphatic carbocycles. The number of nitrogens with zero attached hydrogens (tertiary/aromatic N) is 2. The Labute approximate surface area is 151 Å². The summed E-state index contributed by atoms with van der Waals surface area (Å²) in [7, 11) is -4.49. The topological polar surface area (TPSA) is 78.0 Å². The molecule has 0 atom stereocenters. The van der Waals surface area contributed by atoms with E-state index < -0.39 is 32.3 Å². The van der Waals surface area contributed by atoms with Gasteiger partial charge in [0.2, 0.25) is 10.0 Å². The van der Waals surface area contributed by atoms with E-state index in [0.29, 0.717) is 0 Å². The zero-order chi connectivity index (χ0) is 19.1. The highest BCUT2D eigenvalue weighted by atomic mass is 35.5. The van der Waals surface area contributed by atoms with Gasteiger partial charge in [-0.2, -0.15) is 18.3 Å². The third-order valence-electron chi connectivity index (χ3n) is 3.61. The van der Waals surface area contributed by atoms with Gasteiger partial charge < -0.3 is 0 Å². The van der Waals surface area contributed by atoms with E-state index in [0.717, 1.165) is 16.8 Å². The Bertz CT molecular complexity index is 1060. The van der Waals surface area contributed by atoms with Gasteiger partial charge in [0, 0.05) is 23.0 Å². The van der Waals surface area contributed by atoms with Crippen LogP contribution in [0.4, 0.5) is 13.2 Å². The summed E-state index contributed by atoms with van der Waals surface area (Å²) in [6.07, 6.45) is -2.42. The Kier molecular flexibility index (Phi) is 4.55. The Hall–Kier alpha value is -2.36. The lowest BCUT2D eigenvalue weighted by Crippen LogP contribution is -2.20. The van der Waals surface area contributed by atoms with Crippen LogP contribution in [0.3, 0.4) is 0 Å². The van der Waals surface area contributed by atoms with Crippen molar-refractivity contribution in [1.82, 2.24) is 9.78 Å². The number of rotatable bonds is 3. The Morgan fingerprint density at radius 1 is 1.12 bits per heavy atom. The minimum absolute atomic E-state index is 0.0251.